The Balaban J connectivity index is 2.09. The average Bonchev–Trinajstić information content (AvgIpc) is 2.40. The van der Waals surface area contributed by atoms with Crippen molar-refractivity contribution in [2.45, 2.75) is 31.9 Å². The molecular formula is C13H23F3N2O2. The molecule has 0 saturated carbocycles. The van der Waals surface area contributed by atoms with Gasteiger partial charge in [0.05, 0.1) is 13.0 Å². The van der Waals surface area contributed by atoms with Gasteiger partial charge in [-0.25, -0.2) is 0 Å². The number of hydrogen-bond acceptors (Lipinski definition) is 3. The maximum absolute atomic E-state index is 11.8. The Bertz CT molecular complexity index is 292. The van der Waals surface area contributed by atoms with Crippen LogP contribution in [0.15, 0.2) is 0 Å². The second-order valence-electron chi connectivity index (χ2n) is 5.22. The molecule has 1 aliphatic rings. The summed E-state index contributed by atoms with van der Waals surface area (Å²) in [6, 6.07) is 0. The summed E-state index contributed by atoms with van der Waals surface area (Å²) < 4.78 is 40.0. The summed E-state index contributed by atoms with van der Waals surface area (Å²) in [4.78, 5) is 13.3. The number of nitrogens with one attached hydrogen (secondary N) is 1. The molecule has 0 aromatic heterocycles. The lowest BCUT2D eigenvalue weighted by atomic mass is 9.94. The van der Waals surface area contributed by atoms with Crippen molar-refractivity contribution in [2.24, 2.45) is 5.92 Å². The van der Waals surface area contributed by atoms with E-state index < -0.39 is 12.8 Å². The molecule has 0 aromatic carbocycles. The van der Waals surface area contributed by atoms with Crippen molar-refractivity contribution in [3.63, 3.8) is 0 Å². The summed E-state index contributed by atoms with van der Waals surface area (Å²) in [6.45, 7) is 1.22. The first-order valence-corrected chi connectivity index (χ1v) is 6.97. The van der Waals surface area contributed by atoms with E-state index in [9.17, 15) is 18.0 Å². The lowest BCUT2D eigenvalue weighted by molar-refractivity contribution is -0.175. The zero-order valence-corrected chi connectivity index (χ0v) is 11.8. The monoisotopic (exact) mass is 296 g/mol. The molecule has 118 valence electrons. The van der Waals surface area contributed by atoms with Gasteiger partial charge in [0.1, 0.15) is 6.61 Å². The minimum Gasteiger partial charge on any atom is -0.372 e. The Kier molecular flexibility index (Phi) is 7.29. The van der Waals surface area contributed by atoms with Crippen molar-refractivity contribution in [3.8, 4) is 0 Å². The number of ether oxygens (including phenoxy) is 1. The molecule has 1 heterocycles. The van der Waals surface area contributed by atoms with Crippen molar-refractivity contribution < 1.29 is 22.7 Å². The van der Waals surface area contributed by atoms with E-state index in [0.29, 0.717) is 12.5 Å². The minimum absolute atomic E-state index is 0.00119. The van der Waals surface area contributed by atoms with Gasteiger partial charge in [-0.3, -0.25) is 4.79 Å². The smallest absolute Gasteiger partial charge is 0.372 e. The summed E-state index contributed by atoms with van der Waals surface area (Å²) in [5.74, 6) is 0.467. The first kappa shape index (κ1) is 17.2. The molecule has 0 bridgehead atoms. The van der Waals surface area contributed by atoms with Gasteiger partial charge in [0.25, 0.3) is 0 Å². The Morgan fingerprint density at radius 2 is 2.00 bits per heavy atom. The molecule has 1 fully saturated rings. The summed E-state index contributed by atoms with van der Waals surface area (Å²) in [5, 5.41) is 3.28. The van der Waals surface area contributed by atoms with Crippen molar-refractivity contribution >= 4 is 5.91 Å². The van der Waals surface area contributed by atoms with Crippen LogP contribution in [0.25, 0.3) is 0 Å². The standard InChI is InChI=1S/C13H23F3N2O2/c1-18(8-4-11-2-6-17-7-3-11)12(19)5-9-20-10-13(14,15)16/h11,17H,2-10H2,1H3. The van der Waals surface area contributed by atoms with Gasteiger partial charge in [-0.05, 0) is 38.3 Å². The molecule has 1 rings (SSSR count). The van der Waals surface area contributed by atoms with Gasteiger partial charge in [-0.15, -0.1) is 0 Å². The number of piperidine rings is 1. The highest BCUT2D eigenvalue weighted by atomic mass is 19.4. The van der Waals surface area contributed by atoms with Crippen molar-refractivity contribution in [2.75, 3.05) is 39.9 Å². The molecule has 0 spiro atoms. The summed E-state index contributed by atoms with van der Waals surface area (Å²) in [7, 11) is 1.69. The van der Waals surface area contributed by atoms with Gasteiger partial charge in [0.2, 0.25) is 5.91 Å². The van der Waals surface area contributed by atoms with E-state index in [-0.39, 0.29) is 18.9 Å². The van der Waals surface area contributed by atoms with E-state index in [0.717, 1.165) is 32.4 Å². The van der Waals surface area contributed by atoms with Crippen LogP contribution in [0.1, 0.15) is 25.7 Å². The first-order valence-electron chi connectivity index (χ1n) is 6.97. The Morgan fingerprint density at radius 3 is 2.60 bits per heavy atom. The third kappa shape index (κ3) is 7.69. The van der Waals surface area contributed by atoms with E-state index >= 15 is 0 Å². The summed E-state index contributed by atoms with van der Waals surface area (Å²) >= 11 is 0. The average molecular weight is 296 g/mol. The molecule has 1 amide bonds. The maximum atomic E-state index is 11.8. The summed E-state index contributed by atoms with van der Waals surface area (Å²) in [6.07, 6.45) is -1.14. The Hall–Kier alpha value is -0.820. The highest BCUT2D eigenvalue weighted by Crippen LogP contribution is 2.16. The number of carbonyl (C=O) groups excluding carboxylic acids is 1. The highest BCUT2D eigenvalue weighted by molar-refractivity contribution is 5.75. The van der Waals surface area contributed by atoms with Crippen LogP contribution in [0.2, 0.25) is 0 Å². The van der Waals surface area contributed by atoms with Crippen LogP contribution < -0.4 is 5.32 Å². The van der Waals surface area contributed by atoms with Gasteiger partial charge >= 0.3 is 6.18 Å². The molecule has 0 atom stereocenters. The van der Waals surface area contributed by atoms with Gasteiger partial charge in [0, 0.05) is 13.6 Å². The van der Waals surface area contributed by atoms with Gasteiger partial charge < -0.3 is 15.0 Å². The third-order valence-corrected chi connectivity index (χ3v) is 3.48. The normalized spacial score (nSPS) is 17.2. The van der Waals surface area contributed by atoms with E-state index in [4.69, 9.17) is 0 Å². The van der Waals surface area contributed by atoms with Crippen LogP contribution >= 0.6 is 0 Å². The second-order valence-corrected chi connectivity index (χ2v) is 5.22. The van der Waals surface area contributed by atoms with Crippen molar-refractivity contribution in [1.82, 2.24) is 10.2 Å². The molecule has 20 heavy (non-hydrogen) atoms. The van der Waals surface area contributed by atoms with Gasteiger partial charge in [0.15, 0.2) is 0 Å². The second kappa shape index (κ2) is 8.46. The van der Waals surface area contributed by atoms with E-state index in [1.165, 1.54) is 0 Å². The zero-order chi connectivity index (χ0) is 15.0. The molecular weight excluding hydrogens is 273 g/mol. The van der Waals surface area contributed by atoms with Crippen LogP contribution in [0.3, 0.4) is 0 Å². The molecule has 7 heteroatoms. The number of rotatable bonds is 7. The molecule has 0 aromatic rings. The van der Waals surface area contributed by atoms with Crippen LogP contribution in [0.5, 0.6) is 0 Å². The number of amides is 1. The SMILES string of the molecule is CN(CCC1CCNCC1)C(=O)CCOCC(F)(F)F. The molecule has 4 nitrogen and oxygen atoms in total. The lowest BCUT2D eigenvalue weighted by Gasteiger charge is -2.25. The third-order valence-electron chi connectivity index (χ3n) is 3.48. The molecule has 1 saturated heterocycles. The molecule has 0 radical (unpaired) electrons. The number of nitrogens with zero attached hydrogens (tertiary/aromatic N) is 1. The van der Waals surface area contributed by atoms with Crippen LogP contribution in [0.4, 0.5) is 13.2 Å². The lowest BCUT2D eigenvalue weighted by Crippen LogP contribution is -2.33. The Morgan fingerprint density at radius 1 is 1.35 bits per heavy atom. The van der Waals surface area contributed by atoms with Gasteiger partial charge in [-0.1, -0.05) is 0 Å². The van der Waals surface area contributed by atoms with E-state index in [1.807, 2.05) is 0 Å². The quantitative estimate of drug-likeness (QED) is 0.729. The Labute approximate surface area is 117 Å². The molecule has 0 aliphatic carbocycles. The molecule has 1 N–H and O–H groups in total. The highest BCUT2D eigenvalue weighted by Gasteiger charge is 2.27. The number of carbonyl (C=O) groups is 1. The fourth-order valence-electron chi connectivity index (χ4n) is 2.21. The number of hydrogen-bond donors (Lipinski definition) is 1. The number of halogens is 3. The minimum atomic E-state index is -4.33. The van der Waals surface area contributed by atoms with Crippen LogP contribution in [-0.2, 0) is 9.53 Å². The predicted molar refractivity (Wildman–Crippen MR) is 69.3 cm³/mol. The van der Waals surface area contributed by atoms with Gasteiger partial charge in [-0.2, -0.15) is 13.2 Å². The topological polar surface area (TPSA) is 41.6 Å². The molecule has 1 aliphatic heterocycles. The fourth-order valence-corrected chi connectivity index (χ4v) is 2.21. The van der Waals surface area contributed by atoms with E-state index in [1.54, 1.807) is 11.9 Å². The summed E-state index contributed by atoms with van der Waals surface area (Å²) in [5.41, 5.74) is 0. The number of alkyl halides is 3. The maximum Gasteiger partial charge on any atom is 0.411 e. The van der Waals surface area contributed by atoms with Crippen molar-refractivity contribution in [1.29, 1.82) is 0 Å². The zero-order valence-electron chi connectivity index (χ0n) is 11.8. The molecule has 0 unspecified atom stereocenters. The van der Waals surface area contributed by atoms with Crippen molar-refractivity contribution in [3.05, 3.63) is 0 Å². The van der Waals surface area contributed by atoms with Crippen LogP contribution in [0, 0.1) is 5.92 Å². The predicted octanol–water partition coefficient (Wildman–Crippen LogP) is 1.80. The van der Waals surface area contributed by atoms with Crippen LogP contribution in [-0.4, -0.2) is 56.9 Å². The van der Waals surface area contributed by atoms with E-state index in [2.05, 4.69) is 10.1 Å². The fraction of sp³-hybridized carbons (Fsp3) is 0.923. The first-order chi connectivity index (χ1) is 9.38. The largest absolute Gasteiger partial charge is 0.411 e.